The van der Waals surface area contributed by atoms with Crippen molar-refractivity contribution in [2.45, 2.75) is 65.6 Å². The first kappa shape index (κ1) is 31.1. The van der Waals surface area contributed by atoms with Crippen molar-refractivity contribution in [3.63, 3.8) is 0 Å². The predicted molar refractivity (Wildman–Crippen MR) is 176 cm³/mol. The first-order chi connectivity index (χ1) is 20.4. The Bertz CT molecular complexity index is 1680. The molecule has 0 spiro atoms. The van der Waals surface area contributed by atoms with E-state index in [0.717, 1.165) is 46.7 Å². The van der Waals surface area contributed by atoms with Crippen LogP contribution < -0.4 is 4.90 Å². The van der Waals surface area contributed by atoms with Gasteiger partial charge < -0.3 is 14.7 Å². The number of piperidine rings is 1. The lowest BCUT2D eigenvalue weighted by Gasteiger charge is -2.40. The number of allylic oxidation sites excluding steroid dienone is 3. The second-order valence-corrected chi connectivity index (χ2v) is 14.3. The Morgan fingerprint density at radius 3 is 2.65 bits per heavy atom. The molecule has 1 fully saturated rings. The molecule has 4 heterocycles. The largest absolute Gasteiger partial charge is 0.479 e. The maximum atomic E-state index is 12.7. The number of thiazole rings is 1. The quantitative estimate of drug-likeness (QED) is 0.183. The average Bonchev–Trinajstić information content (AvgIpc) is 3.58. The molecule has 1 unspecified atom stereocenters. The molecule has 1 atom stereocenters. The number of rotatable bonds is 9. The highest BCUT2D eigenvalue weighted by atomic mass is 79.9. The maximum Gasteiger partial charge on any atom is 0.337 e. The summed E-state index contributed by atoms with van der Waals surface area (Å²) in [5, 5.41) is 16.2. The monoisotopic (exact) mass is 663 g/mol. The molecule has 5 rings (SSSR count). The number of aromatic nitrogens is 4. The Morgan fingerprint density at radius 1 is 1.28 bits per heavy atom. The fourth-order valence-corrected chi connectivity index (χ4v) is 6.77. The van der Waals surface area contributed by atoms with Gasteiger partial charge in [0.25, 0.3) is 0 Å². The van der Waals surface area contributed by atoms with Crippen LogP contribution in [0.5, 0.6) is 0 Å². The fraction of sp³-hybridized carbons (Fsp3) is 0.394. The molecule has 226 valence electrons. The van der Waals surface area contributed by atoms with Crippen molar-refractivity contribution in [2.75, 3.05) is 18.0 Å². The zero-order valence-electron chi connectivity index (χ0n) is 25.3. The third-order valence-electron chi connectivity index (χ3n) is 7.70. The molecular formula is C33H38BrN5O3S. The topological polar surface area (TPSA) is 92.8 Å². The Balaban J connectivity index is 1.59. The van der Waals surface area contributed by atoms with Crippen molar-refractivity contribution in [2.24, 2.45) is 5.41 Å². The molecule has 1 aliphatic rings. The Morgan fingerprint density at radius 2 is 2.00 bits per heavy atom. The molecule has 8 nitrogen and oxygen atoms in total. The number of fused-ring (bicyclic) bond motifs is 1. The van der Waals surface area contributed by atoms with Crippen LogP contribution in [-0.4, -0.2) is 49.3 Å². The van der Waals surface area contributed by atoms with Crippen molar-refractivity contribution in [1.29, 1.82) is 0 Å². The minimum atomic E-state index is -1.20. The normalized spacial score (nSPS) is 16.2. The zero-order valence-corrected chi connectivity index (χ0v) is 27.7. The number of benzene rings is 1. The van der Waals surface area contributed by atoms with Crippen LogP contribution in [0.15, 0.2) is 65.8 Å². The van der Waals surface area contributed by atoms with Crippen LogP contribution in [0.25, 0.3) is 16.3 Å². The summed E-state index contributed by atoms with van der Waals surface area (Å²) in [6, 6.07) is 10.1. The average molecular weight is 665 g/mol. The summed E-state index contributed by atoms with van der Waals surface area (Å²) >= 11 is 5.24. The number of hydrogen-bond acceptors (Lipinski definition) is 7. The van der Waals surface area contributed by atoms with Gasteiger partial charge in [-0.1, -0.05) is 65.9 Å². The second kappa shape index (κ2) is 12.3. The van der Waals surface area contributed by atoms with E-state index in [9.17, 15) is 9.90 Å². The molecule has 3 aromatic heterocycles. The van der Waals surface area contributed by atoms with E-state index in [1.165, 1.54) is 5.56 Å². The highest BCUT2D eigenvalue weighted by Gasteiger charge is 2.37. The van der Waals surface area contributed by atoms with E-state index in [-0.39, 0.29) is 5.41 Å². The van der Waals surface area contributed by atoms with Crippen LogP contribution in [0.4, 0.5) is 5.82 Å². The second-order valence-electron chi connectivity index (χ2n) is 12.3. The third kappa shape index (κ3) is 6.92. The Kier molecular flexibility index (Phi) is 8.92. The zero-order chi connectivity index (χ0) is 30.9. The SMILES string of the molecule is C=C/C=C/C1(C)CCN(c2c(C(OC(C)(C)C)C(=O)O)c(C)nc3cc(-c4ncc(Cc5ccccc5Br)s4)nn23)CC1. The molecular weight excluding hydrogens is 626 g/mol. The summed E-state index contributed by atoms with van der Waals surface area (Å²) in [6.07, 6.45) is 9.28. The molecule has 0 bridgehead atoms. The number of hydrogen-bond donors (Lipinski definition) is 1. The summed E-state index contributed by atoms with van der Waals surface area (Å²) in [6.45, 7) is 15.0. The summed E-state index contributed by atoms with van der Waals surface area (Å²) < 4.78 is 9.01. The van der Waals surface area contributed by atoms with Gasteiger partial charge in [0.2, 0.25) is 0 Å². The van der Waals surface area contributed by atoms with E-state index in [1.54, 1.807) is 21.9 Å². The van der Waals surface area contributed by atoms with Gasteiger partial charge in [0.15, 0.2) is 11.8 Å². The van der Waals surface area contributed by atoms with Gasteiger partial charge in [-0.25, -0.2) is 14.8 Å². The molecule has 1 saturated heterocycles. The van der Waals surface area contributed by atoms with E-state index in [4.69, 9.17) is 19.8 Å². The number of aryl methyl sites for hydroxylation is 1. The molecule has 0 saturated carbocycles. The number of ether oxygens (including phenoxy) is 1. The van der Waals surface area contributed by atoms with Crippen LogP contribution in [0.1, 0.15) is 68.3 Å². The van der Waals surface area contributed by atoms with Crippen LogP contribution in [-0.2, 0) is 16.0 Å². The lowest BCUT2D eigenvalue weighted by atomic mass is 9.80. The molecule has 1 aliphatic heterocycles. The molecule has 1 aromatic carbocycles. The van der Waals surface area contributed by atoms with Crippen molar-refractivity contribution in [3.05, 3.63) is 87.5 Å². The van der Waals surface area contributed by atoms with E-state index in [0.29, 0.717) is 28.4 Å². The molecule has 4 aromatic rings. The number of carboxylic acid groups (broad SMARTS) is 1. The van der Waals surface area contributed by atoms with Crippen LogP contribution in [0, 0.1) is 12.3 Å². The smallest absolute Gasteiger partial charge is 0.337 e. The molecule has 1 N–H and O–H groups in total. The van der Waals surface area contributed by atoms with Gasteiger partial charge in [-0.2, -0.15) is 9.61 Å². The van der Waals surface area contributed by atoms with Gasteiger partial charge in [0, 0.05) is 46.8 Å². The van der Waals surface area contributed by atoms with Crippen molar-refractivity contribution in [3.8, 4) is 10.7 Å². The minimum Gasteiger partial charge on any atom is -0.479 e. The Labute approximate surface area is 265 Å². The number of carbonyl (C=O) groups is 1. The summed E-state index contributed by atoms with van der Waals surface area (Å²) in [4.78, 5) is 25.6. The maximum absolute atomic E-state index is 12.7. The number of halogens is 1. The third-order valence-corrected chi connectivity index (χ3v) is 9.49. The van der Waals surface area contributed by atoms with E-state index in [1.807, 2.05) is 64.2 Å². The van der Waals surface area contributed by atoms with Gasteiger partial charge in [-0.15, -0.1) is 11.3 Å². The molecule has 43 heavy (non-hydrogen) atoms. The van der Waals surface area contributed by atoms with Gasteiger partial charge in [-0.05, 0) is 57.6 Å². The highest BCUT2D eigenvalue weighted by molar-refractivity contribution is 9.10. The lowest BCUT2D eigenvalue weighted by molar-refractivity contribution is -0.160. The standard InChI is InChI=1S/C33H38BrN5O3S/c1-7-8-13-33(6)14-16-38(17-15-33)30-27(28(31(40)41)42-32(3,4)5)21(2)36-26-19-25(37-39(26)30)29-35-20-23(43-29)18-22-11-9-10-12-24(22)34/h7-13,19-20,28H,1,14-18H2,2-6H3,(H,40,41)/b13-8+. The number of carboxylic acids is 1. The Hall–Kier alpha value is -3.34. The first-order valence-corrected chi connectivity index (χ1v) is 16.0. The van der Waals surface area contributed by atoms with Crippen molar-refractivity contribution < 1.29 is 14.6 Å². The molecule has 0 aliphatic carbocycles. The van der Waals surface area contributed by atoms with Crippen molar-refractivity contribution in [1.82, 2.24) is 19.6 Å². The summed E-state index contributed by atoms with van der Waals surface area (Å²) in [5.41, 5.74) is 3.03. The van der Waals surface area contributed by atoms with Gasteiger partial charge >= 0.3 is 5.97 Å². The van der Waals surface area contributed by atoms with Gasteiger partial charge in [0.1, 0.15) is 16.5 Å². The fourth-order valence-electron chi connectivity index (χ4n) is 5.45. The molecule has 0 amide bonds. The predicted octanol–water partition coefficient (Wildman–Crippen LogP) is 7.80. The number of anilines is 1. The number of aliphatic carboxylic acids is 1. The minimum absolute atomic E-state index is 0.0282. The highest BCUT2D eigenvalue weighted by Crippen LogP contribution is 2.40. The van der Waals surface area contributed by atoms with Gasteiger partial charge in [0.05, 0.1) is 11.2 Å². The lowest BCUT2D eigenvalue weighted by Crippen LogP contribution is -2.40. The van der Waals surface area contributed by atoms with E-state index < -0.39 is 17.7 Å². The molecule has 10 heteroatoms. The first-order valence-electron chi connectivity index (χ1n) is 14.4. The van der Waals surface area contributed by atoms with Gasteiger partial charge in [-0.3, -0.25) is 0 Å². The van der Waals surface area contributed by atoms with Crippen molar-refractivity contribution >= 4 is 44.7 Å². The van der Waals surface area contributed by atoms with Crippen LogP contribution in [0.2, 0.25) is 0 Å². The van der Waals surface area contributed by atoms with Crippen LogP contribution in [0.3, 0.4) is 0 Å². The van der Waals surface area contributed by atoms with E-state index in [2.05, 4.69) is 46.5 Å². The van der Waals surface area contributed by atoms with Crippen LogP contribution >= 0.6 is 27.3 Å². The summed E-state index contributed by atoms with van der Waals surface area (Å²) in [5.74, 6) is -0.342. The number of nitrogens with zero attached hydrogens (tertiary/aromatic N) is 5. The summed E-state index contributed by atoms with van der Waals surface area (Å²) in [7, 11) is 0. The molecule has 0 radical (unpaired) electrons. The van der Waals surface area contributed by atoms with E-state index >= 15 is 0 Å².